The average molecular weight is 304 g/mol. The Morgan fingerprint density at radius 1 is 0.955 bits per heavy atom. The largest absolute Gasteiger partial charge is 0.389 e. The molecule has 0 heterocycles. The number of fused-ring (bicyclic) bond motifs is 5. The van der Waals surface area contributed by atoms with E-state index in [1.807, 2.05) is 6.92 Å². The molecule has 0 unspecified atom stereocenters. The maximum atomic E-state index is 12.4. The molecule has 3 nitrogen and oxygen atoms in total. The lowest BCUT2D eigenvalue weighted by Crippen LogP contribution is -2.62. The molecular weight excluding hydrogens is 276 g/mol. The molecule has 4 saturated carbocycles. The number of rotatable bonds is 0. The first-order valence-electron chi connectivity index (χ1n) is 9.09. The van der Waals surface area contributed by atoms with Crippen molar-refractivity contribution >= 4 is 11.6 Å². The molecule has 3 heteroatoms. The van der Waals surface area contributed by atoms with E-state index in [1.165, 1.54) is 0 Å². The van der Waals surface area contributed by atoms with Gasteiger partial charge in [0.2, 0.25) is 0 Å². The van der Waals surface area contributed by atoms with E-state index in [1.54, 1.807) is 0 Å². The molecular formula is C19H28O3. The summed E-state index contributed by atoms with van der Waals surface area (Å²) in [6.07, 6.45) is 7.58. The minimum absolute atomic E-state index is 0.194. The molecule has 0 bridgehead atoms. The summed E-state index contributed by atoms with van der Waals surface area (Å²) in [5.41, 5.74) is -1.11. The van der Waals surface area contributed by atoms with E-state index in [9.17, 15) is 14.7 Å². The number of Topliss-reactive ketones (excluding diaryl/α,β-unsaturated/α-hetero) is 2. The first kappa shape index (κ1) is 14.9. The Kier molecular flexibility index (Phi) is 3.00. The van der Waals surface area contributed by atoms with Crippen molar-refractivity contribution in [1.82, 2.24) is 0 Å². The van der Waals surface area contributed by atoms with Crippen LogP contribution in [0.15, 0.2) is 0 Å². The molecule has 0 spiro atoms. The smallest absolute Gasteiger partial charge is 0.141 e. The molecule has 22 heavy (non-hydrogen) atoms. The molecule has 0 radical (unpaired) electrons. The molecule has 4 aliphatic carbocycles. The summed E-state index contributed by atoms with van der Waals surface area (Å²) in [6, 6.07) is 0. The predicted molar refractivity (Wildman–Crippen MR) is 83.2 cm³/mol. The van der Waals surface area contributed by atoms with Gasteiger partial charge >= 0.3 is 0 Å². The van der Waals surface area contributed by atoms with Crippen LogP contribution in [-0.4, -0.2) is 22.3 Å². The third kappa shape index (κ3) is 1.61. The van der Waals surface area contributed by atoms with Crippen molar-refractivity contribution in [2.75, 3.05) is 0 Å². The van der Waals surface area contributed by atoms with Crippen molar-refractivity contribution in [1.29, 1.82) is 0 Å². The topological polar surface area (TPSA) is 54.4 Å². The lowest BCUT2D eigenvalue weighted by atomic mass is 9.44. The Labute approximate surface area is 132 Å². The molecule has 4 aliphatic rings. The second kappa shape index (κ2) is 4.43. The van der Waals surface area contributed by atoms with Crippen LogP contribution in [0.3, 0.4) is 0 Å². The molecule has 0 saturated heterocycles. The van der Waals surface area contributed by atoms with Crippen LogP contribution in [0.4, 0.5) is 0 Å². The second-order valence-corrected chi connectivity index (χ2v) is 8.95. The Bertz CT molecular complexity index is 541. The van der Waals surface area contributed by atoms with Gasteiger partial charge in [0.15, 0.2) is 0 Å². The first-order chi connectivity index (χ1) is 10.3. The monoisotopic (exact) mass is 304 g/mol. The standard InChI is InChI=1S/C19H28O3/c1-17-8-5-13(20)11-12(17)3-4-15-14(17)6-9-18(2)16(21)7-10-19(15,18)22/h12,14-15,22H,3-11H2,1-2H3/t12-,14-,15-,17+,18-,19-/m1/s1. The summed E-state index contributed by atoms with van der Waals surface area (Å²) < 4.78 is 0. The van der Waals surface area contributed by atoms with E-state index in [0.29, 0.717) is 36.9 Å². The van der Waals surface area contributed by atoms with Gasteiger partial charge in [0.25, 0.3) is 0 Å². The predicted octanol–water partition coefficient (Wildman–Crippen LogP) is 3.28. The molecule has 0 aromatic heterocycles. The summed E-state index contributed by atoms with van der Waals surface area (Å²) in [7, 11) is 0. The molecule has 4 rings (SSSR count). The van der Waals surface area contributed by atoms with Gasteiger partial charge in [0.05, 0.1) is 11.0 Å². The van der Waals surface area contributed by atoms with Gasteiger partial charge < -0.3 is 5.11 Å². The van der Waals surface area contributed by atoms with Crippen molar-refractivity contribution in [3.8, 4) is 0 Å². The number of carbonyl (C=O) groups is 2. The Morgan fingerprint density at radius 2 is 1.73 bits per heavy atom. The van der Waals surface area contributed by atoms with Gasteiger partial charge in [0.1, 0.15) is 11.6 Å². The van der Waals surface area contributed by atoms with Crippen LogP contribution in [-0.2, 0) is 9.59 Å². The Balaban J connectivity index is 1.71. The Morgan fingerprint density at radius 3 is 2.50 bits per heavy atom. The maximum Gasteiger partial charge on any atom is 0.141 e. The third-order valence-corrected chi connectivity index (χ3v) is 8.38. The minimum Gasteiger partial charge on any atom is -0.389 e. The van der Waals surface area contributed by atoms with E-state index >= 15 is 0 Å². The van der Waals surface area contributed by atoms with Crippen LogP contribution < -0.4 is 0 Å². The van der Waals surface area contributed by atoms with Crippen molar-refractivity contribution < 1.29 is 14.7 Å². The lowest BCUT2D eigenvalue weighted by Gasteiger charge is -2.61. The summed E-state index contributed by atoms with van der Waals surface area (Å²) in [4.78, 5) is 24.3. The molecule has 0 aromatic rings. The van der Waals surface area contributed by atoms with Gasteiger partial charge in [-0.25, -0.2) is 0 Å². The molecule has 122 valence electrons. The summed E-state index contributed by atoms with van der Waals surface area (Å²) in [5.74, 6) is 1.95. The van der Waals surface area contributed by atoms with Gasteiger partial charge in [0, 0.05) is 19.3 Å². The fourth-order valence-electron chi connectivity index (χ4n) is 6.78. The minimum atomic E-state index is -0.789. The maximum absolute atomic E-state index is 12.4. The number of carbonyl (C=O) groups excluding carboxylic acids is 2. The van der Waals surface area contributed by atoms with E-state index in [4.69, 9.17) is 0 Å². The number of aliphatic hydroxyl groups is 1. The van der Waals surface area contributed by atoms with Crippen LogP contribution in [0.1, 0.15) is 71.6 Å². The number of ketones is 2. The quantitative estimate of drug-likeness (QED) is 0.747. The zero-order chi connectivity index (χ0) is 15.8. The van der Waals surface area contributed by atoms with Crippen LogP contribution in [0.2, 0.25) is 0 Å². The van der Waals surface area contributed by atoms with Crippen LogP contribution >= 0.6 is 0 Å². The van der Waals surface area contributed by atoms with Crippen LogP contribution in [0.25, 0.3) is 0 Å². The van der Waals surface area contributed by atoms with Crippen LogP contribution in [0, 0.1) is 28.6 Å². The molecule has 0 aliphatic heterocycles. The molecule has 4 fully saturated rings. The summed E-state index contributed by atoms with van der Waals surface area (Å²) in [5, 5.41) is 11.5. The zero-order valence-electron chi connectivity index (χ0n) is 13.9. The average Bonchev–Trinajstić information content (AvgIpc) is 2.72. The van der Waals surface area contributed by atoms with Gasteiger partial charge in [-0.05, 0) is 68.6 Å². The highest BCUT2D eigenvalue weighted by Crippen LogP contribution is 2.66. The van der Waals surface area contributed by atoms with Gasteiger partial charge in [-0.2, -0.15) is 0 Å². The SMILES string of the molecule is C[C@]12CCC(=O)C[C@H]1CC[C@@H]1[C@H]2CC[C@]2(C)C(=O)CC[C@@]12O. The van der Waals surface area contributed by atoms with Gasteiger partial charge in [-0.15, -0.1) is 0 Å². The van der Waals surface area contributed by atoms with E-state index in [0.717, 1.165) is 38.5 Å². The normalized spacial score (nSPS) is 54.6. The summed E-state index contributed by atoms with van der Waals surface area (Å²) in [6.45, 7) is 4.38. The van der Waals surface area contributed by atoms with Crippen molar-refractivity contribution in [2.24, 2.45) is 28.6 Å². The van der Waals surface area contributed by atoms with E-state index in [-0.39, 0.29) is 17.1 Å². The Hall–Kier alpha value is -0.700. The van der Waals surface area contributed by atoms with E-state index in [2.05, 4.69) is 6.92 Å². The second-order valence-electron chi connectivity index (χ2n) is 8.95. The third-order valence-electron chi connectivity index (χ3n) is 8.38. The summed E-state index contributed by atoms with van der Waals surface area (Å²) >= 11 is 0. The van der Waals surface area contributed by atoms with Crippen molar-refractivity contribution in [2.45, 2.75) is 77.2 Å². The highest BCUT2D eigenvalue weighted by molar-refractivity contribution is 5.88. The zero-order valence-corrected chi connectivity index (χ0v) is 13.9. The van der Waals surface area contributed by atoms with Gasteiger partial charge in [-0.3, -0.25) is 9.59 Å². The lowest BCUT2D eigenvalue weighted by molar-refractivity contribution is -0.197. The van der Waals surface area contributed by atoms with E-state index < -0.39 is 11.0 Å². The molecule has 1 N–H and O–H groups in total. The highest BCUT2D eigenvalue weighted by atomic mass is 16.3. The van der Waals surface area contributed by atoms with Crippen molar-refractivity contribution in [3.63, 3.8) is 0 Å². The fourth-order valence-corrected chi connectivity index (χ4v) is 6.78. The molecule has 0 aromatic carbocycles. The van der Waals surface area contributed by atoms with Crippen molar-refractivity contribution in [3.05, 3.63) is 0 Å². The number of hydrogen-bond donors (Lipinski definition) is 1. The fraction of sp³-hybridized carbons (Fsp3) is 0.895. The molecule has 0 amide bonds. The van der Waals surface area contributed by atoms with Crippen LogP contribution in [0.5, 0.6) is 0 Å². The first-order valence-corrected chi connectivity index (χ1v) is 9.09. The highest BCUT2D eigenvalue weighted by Gasteiger charge is 2.67. The number of hydrogen-bond acceptors (Lipinski definition) is 3. The molecule has 6 atom stereocenters. The van der Waals surface area contributed by atoms with Gasteiger partial charge in [-0.1, -0.05) is 6.92 Å².